The molecule has 0 saturated carbocycles. The van der Waals surface area contributed by atoms with E-state index >= 15 is 0 Å². The summed E-state index contributed by atoms with van der Waals surface area (Å²) >= 11 is 3.46. The summed E-state index contributed by atoms with van der Waals surface area (Å²) in [4.78, 5) is 9.62. The van der Waals surface area contributed by atoms with Crippen LogP contribution >= 0.6 is 22.7 Å². The lowest BCUT2D eigenvalue weighted by molar-refractivity contribution is 0.0360. The van der Waals surface area contributed by atoms with Crippen molar-refractivity contribution in [3.8, 4) is 10.6 Å². The Morgan fingerprint density at radius 1 is 1.19 bits per heavy atom. The number of anilines is 1. The Hall–Kier alpha value is -1.74. The number of morpholine rings is 1. The predicted molar refractivity (Wildman–Crippen MR) is 112 cm³/mol. The molecule has 0 radical (unpaired) electrons. The molecule has 4 rings (SSSR count). The number of thiophene rings is 1. The number of aromatic nitrogens is 3. The van der Waals surface area contributed by atoms with Crippen LogP contribution in [-0.4, -0.2) is 52.5 Å². The van der Waals surface area contributed by atoms with Crippen LogP contribution in [0.3, 0.4) is 0 Å². The Labute approximate surface area is 167 Å². The van der Waals surface area contributed by atoms with Gasteiger partial charge in [-0.25, -0.2) is 4.98 Å². The van der Waals surface area contributed by atoms with E-state index in [1.54, 1.807) is 22.7 Å². The Morgan fingerprint density at radius 2 is 2.04 bits per heavy atom. The number of aryl methyl sites for hydroxylation is 2. The fraction of sp³-hybridized carbons (Fsp3) is 0.474. The van der Waals surface area contributed by atoms with Crippen LogP contribution in [0.2, 0.25) is 0 Å². The van der Waals surface area contributed by atoms with Crippen molar-refractivity contribution < 1.29 is 4.74 Å². The van der Waals surface area contributed by atoms with E-state index in [2.05, 4.69) is 52.8 Å². The molecule has 144 valence electrons. The minimum atomic E-state index is 0.823. The van der Waals surface area contributed by atoms with Crippen LogP contribution in [0.5, 0.6) is 0 Å². The standard InChI is InChI=1S/C19H25N5OS2/c1-14-4-12-26-17(14)13-20-19-21-15(2)18(27-19)16-3-5-24(22-16)7-6-23-8-10-25-11-9-23/h3-5,12H,6-11,13H2,1-2H3,(H,20,21). The highest BCUT2D eigenvalue weighted by molar-refractivity contribution is 7.19. The van der Waals surface area contributed by atoms with E-state index in [9.17, 15) is 0 Å². The number of thiazole rings is 1. The van der Waals surface area contributed by atoms with Crippen LogP contribution in [0, 0.1) is 13.8 Å². The highest BCUT2D eigenvalue weighted by atomic mass is 32.1. The Morgan fingerprint density at radius 3 is 2.81 bits per heavy atom. The molecule has 1 fully saturated rings. The topological polar surface area (TPSA) is 55.2 Å². The van der Waals surface area contributed by atoms with Crippen LogP contribution in [0.4, 0.5) is 5.13 Å². The van der Waals surface area contributed by atoms with Crippen LogP contribution in [0.15, 0.2) is 23.7 Å². The molecule has 0 aromatic carbocycles. The van der Waals surface area contributed by atoms with Crippen LogP contribution in [-0.2, 0) is 17.8 Å². The molecule has 1 N–H and O–H groups in total. The third kappa shape index (κ3) is 4.57. The lowest BCUT2D eigenvalue weighted by atomic mass is 10.3. The third-order valence-electron chi connectivity index (χ3n) is 4.79. The summed E-state index contributed by atoms with van der Waals surface area (Å²) in [5, 5.41) is 11.3. The average molecular weight is 404 g/mol. The van der Waals surface area contributed by atoms with Crippen LogP contribution < -0.4 is 5.32 Å². The second-order valence-electron chi connectivity index (χ2n) is 6.73. The Bertz CT molecular complexity index is 878. The first-order chi connectivity index (χ1) is 13.2. The summed E-state index contributed by atoms with van der Waals surface area (Å²) in [7, 11) is 0. The van der Waals surface area contributed by atoms with Gasteiger partial charge in [-0.2, -0.15) is 5.10 Å². The van der Waals surface area contributed by atoms with Crippen molar-refractivity contribution in [3.05, 3.63) is 39.8 Å². The highest BCUT2D eigenvalue weighted by Crippen LogP contribution is 2.32. The van der Waals surface area contributed by atoms with Gasteiger partial charge in [0.15, 0.2) is 5.13 Å². The summed E-state index contributed by atoms with van der Waals surface area (Å²) in [5.74, 6) is 0. The van der Waals surface area contributed by atoms with E-state index in [4.69, 9.17) is 9.84 Å². The maximum atomic E-state index is 5.40. The smallest absolute Gasteiger partial charge is 0.183 e. The summed E-state index contributed by atoms with van der Waals surface area (Å²) < 4.78 is 7.44. The first-order valence-corrected chi connectivity index (χ1v) is 11.0. The van der Waals surface area contributed by atoms with Crippen LogP contribution in [0.25, 0.3) is 10.6 Å². The zero-order chi connectivity index (χ0) is 18.6. The fourth-order valence-electron chi connectivity index (χ4n) is 3.13. The molecular formula is C19H25N5OS2. The van der Waals surface area contributed by atoms with Gasteiger partial charge in [0.25, 0.3) is 0 Å². The maximum Gasteiger partial charge on any atom is 0.183 e. The predicted octanol–water partition coefficient (Wildman–Crippen LogP) is 3.63. The molecule has 0 spiro atoms. The summed E-state index contributed by atoms with van der Waals surface area (Å²) in [6.45, 7) is 10.7. The van der Waals surface area contributed by atoms with Gasteiger partial charge in [0.2, 0.25) is 0 Å². The first kappa shape index (κ1) is 18.6. The van der Waals surface area contributed by atoms with Crippen molar-refractivity contribution >= 4 is 27.8 Å². The molecule has 0 amide bonds. The number of hydrogen-bond acceptors (Lipinski definition) is 7. The van der Waals surface area contributed by atoms with Gasteiger partial charge in [0.1, 0.15) is 5.69 Å². The second kappa shape index (κ2) is 8.52. The lowest BCUT2D eigenvalue weighted by Gasteiger charge is -2.26. The van der Waals surface area contributed by atoms with Crippen molar-refractivity contribution in [2.75, 3.05) is 38.2 Å². The summed E-state index contributed by atoms with van der Waals surface area (Å²) in [6, 6.07) is 4.25. The third-order valence-corrected chi connectivity index (χ3v) is 6.95. The minimum Gasteiger partial charge on any atom is -0.379 e. The summed E-state index contributed by atoms with van der Waals surface area (Å²) in [6.07, 6.45) is 2.07. The molecule has 0 unspecified atom stereocenters. The lowest BCUT2D eigenvalue weighted by Crippen LogP contribution is -2.38. The molecular weight excluding hydrogens is 378 g/mol. The molecule has 1 aliphatic heterocycles. The van der Waals surface area contributed by atoms with Gasteiger partial charge < -0.3 is 10.1 Å². The number of ether oxygens (including phenoxy) is 1. The van der Waals surface area contributed by atoms with Crippen molar-refractivity contribution in [3.63, 3.8) is 0 Å². The van der Waals surface area contributed by atoms with Crippen LogP contribution in [0.1, 0.15) is 16.1 Å². The van der Waals surface area contributed by atoms with Crippen molar-refractivity contribution in [2.24, 2.45) is 0 Å². The van der Waals surface area contributed by atoms with Crippen molar-refractivity contribution in [1.82, 2.24) is 19.7 Å². The van der Waals surface area contributed by atoms with Gasteiger partial charge in [-0.1, -0.05) is 11.3 Å². The number of hydrogen-bond donors (Lipinski definition) is 1. The Kier molecular flexibility index (Phi) is 5.87. The average Bonchev–Trinajstić information content (AvgIpc) is 3.39. The molecule has 27 heavy (non-hydrogen) atoms. The molecule has 6 nitrogen and oxygen atoms in total. The monoisotopic (exact) mass is 403 g/mol. The summed E-state index contributed by atoms with van der Waals surface area (Å²) in [5.41, 5.74) is 3.37. The molecule has 0 aliphatic carbocycles. The van der Waals surface area contributed by atoms with E-state index in [1.807, 2.05) is 4.68 Å². The zero-order valence-electron chi connectivity index (χ0n) is 15.8. The molecule has 4 heterocycles. The molecule has 3 aromatic heterocycles. The largest absolute Gasteiger partial charge is 0.379 e. The molecule has 3 aromatic rings. The molecule has 0 bridgehead atoms. The fourth-order valence-corrected chi connectivity index (χ4v) is 4.90. The molecule has 8 heteroatoms. The van der Waals surface area contributed by atoms with Crippen molar-refractivity contribution in [1.29, 1.82) is 0 Å². The van der Waals surface area contributed by atoms with E-state index < -0.39 is 0 Å². The maximum absolute atomic E-state index is 5.40. The number of nitrogens with one attached hydrogen (secondary N) is 1. The highest BCUT2D eigenvalue weighted by Gasteiger charge is 2.14. The van der Waals surface area contributed by atoms with E-state index in [0.717, 1.165) is 67.3 Å². The number of nitrogens with zero attached hydrogens (tertiary/aromatic N) is 4. The first-order valence-electron chi connectivity index (χ1n) is 9.27. The van der Waals surface area contributed by atoms with E-state index in [0.29, 0.717) is 0 Å². The molecule has 1 saturated heterocycles. The SMILES string of the molecule is Cc1ccsc1CNc1nc(C)c(-c2ccn(CCN3CCOCC3)n2)s1. The molecule has 0 atom stereocenters. The zero-order valence-corrected chi connectivity index (χ0v) is 17.4. The normalized spacial score (nSPS) is 15.3. The minimum absolute atomic E-state index is 0.823. The Balaban J connectivity index is 1.37. The quantitative estimate of drug-likeness (QED) is 0.653. The van der Waals surface area contributed by atoms with Crippen molar-refractivity contribution in [2.45, 2.75) is 26.9 Å². The second-order valence-corrected chi connectivity index (χ2v) is 8.73. The van der Waals surface area contributed by atoms with Gasteiger partial charge in [0, 0.05) is 30.7 Å². The van der Waals surface area contributed by atoms with Gasteiger partial charge in [-0.05, 0) is 36.9 Å². The number of rotatable bonds is 7. The van der Waals surface area contributed by atoms with E-state index in [1.165, 1.54) is 10.4 Å². The van der Waals surface area contributed by atoms with Gasteiger partial charge in [-0.3, -0.25) is 9.58 Å². The van der Waals surface area contributed by atoms with E-state index in [-0.39, 0.29) is 0 Å². The molecule has 1 aliphatic rings. The van der Waals surface area contributed by atoms with Gasteiger partial charge in [0.05, 0.1) is 36.9 Å². The van der Waals surface area contributed by atoms with Gasteiger partial charge in [-0.15, -0.1) is 11.3 Å². The van der Waals surface area contributed by atoms with Gasteiger partial charge >= 0.3 is 0 Å².